The first kappa shape index (κ1) is 22.1. The van der Waals surface area contributed by atoms with E-state index in [1.807, 2.05) is 7.05 Å². The second-order valence-corrected chi connectivity index (χ2v) is 8.62. The lowest BCUT2D eigenvalue weighted by atomic mass is 10.0. The Morgan fingerprint density at radius 3 is 2.48 bits per heavy atom. The number of aryl methyl sites for hydroxylation is 1. The van der Waals surface area contributed by atoms with Crippen LogP contribution in [0.4, 0.5) is 0 Å². The molecule has 1 heterocycles. The van der Waals surface area contributed by atoms with Crippen molar-refractivity contribution in [3.63, 3.8) is 0 Å². The number of hydrogen-bond donors (Lipinski definition) is 2. The zero-order chi connectivity index (χ0) is 19.8. The average molecular weight is 392 g/mol. The molecule has 0 amide bonds. The molecule has 27 heavy (non-hydrogen) atoms. The molecular weight excluding hydrogens is 354 g/mol. The molecule has 1 saturated heterocycles. The van der Waals surface area contributed by atoms with Crippen LogP contribution < -0.4 is 10.6 Å². The van der Waals surface area contributed by atoms with Crippen LogP contribution >= 0.6 is 11.8 Å². The van der Waals surface area contributed by atoms with Crippen LogP contribution in [0, 0.1) is 12.8 Å². The fourth-order valence-corrected chi connectivity index (χ4v) is 4.24. The van der Waals surface area contributed by atoms with E-state index in [4.69, 9.17) is 0 Å². The first-order valence-electron chi connectivity index (χ1n) is 9.95. The van der Waals surface area contributed by atoms with E-state index in [2.05, 4.69) is 77.7 Å². The Hall–Kier alpha value is -1.24. The smallest absolute Gasteiger partial charge is 0.191 e. The maximum Gasteiger partial charge on any atom is 0.191 e. The van der Waals surface area contributed by atoms with E-state index >= 15 is 0 Å². The van der Waals surface area contributed by atoms with Crippen LogP contribution in [-0.4, -0.2) is 74.9 Å². The van der Waals surface area contributed by atoms with Crippen molar-refractivity contribution < 1.29 is 0 Å². The molecule has 2 rings (SSSR count). The summed E-state index contributed by atoms with van der Waals surface area (Å²) in [6.45, 7) is 13.1. The predicted molar refractivity (Wildman–Crippen MR) is 119 cm³/mol. The minimum atomic E-state index is 0.526. The van der Waals surface area contributed by atoms with Crippen molar-refractivity contribution in [1.29, 1.82) is 0 Å². The molecule has 1 atom stereocenters. The highest BCUT2D eigenvalue weighted by molar-refractivity contribution is 7.98. The Morgan fingerprint density at radius 2 is 1.89 bits per heavy atom. The van der Waals surface area contributed by atoms with Crippen molar-refractivity contribution in [3.05, 3.63) is 29.3 Å². The molecule has 6 heteroatoms. The molecule has 0 saturated carbocycles. The maximum absolute atomic E-state index is 4.43. The molecule has 1 unspecified atom stereocenters. The van der Waals surface area contributed by atoms with Crippen molar-refractivity contribution >= 4 is 17.7 Å². The number of thioether (sulfide) groups is 1. The molecule has 152 valence electrons. The average Bonchev–Trinajstić information content (AvgIpc) is 2.66. The normalized spacial score (nSPS) is 18.0. The van der Waals surface area contributed by atoms with Crippen LogP contribution in [0.5, 0.6) is 0 Å². The van der Waals surface area contributed by atoms with E-state index in [-0.39, 0.29) is 0 Å². The van der Waals surface area contributed by atoms with Gasteiger partial charge in [0.1, 0.15) is 0 Å². The zero-order valence-electron chi connectivity index (χ0n) is 17.9. The first-order valence-corrected chi connectivity index (χ1v) is 11.2. The zero-order valence-corrected chi connectivity index (χ0v) is 18.7. The summed E-state index contributed by atoms with van der Waals surface area (Å²) in [4.78, 5) is 10.8. The van der Waals surface area contributed by atoms with Crippen LogP contribution in [0.1, 0.15) is 25.0 Å². The second-order valence-electron chi connectivity index (χ2n) is 7.77. The third-order valence-electron chi connectivity index (χ3n) is 5.37. The Balaban J connectivity index is 1.90. The fourth-order valence-electron chi connectivity index (χ4n) is 3.54. The number of hydrogen-bond acceptors (Lipinski definition) is 4. The largest absolute Gasteiger partial charge is 0.355 e. The van der Waals surface area contributed by atoms with Crippen molar-refractivity contribution in [2.24, 2.45) is 10.9 Å². The summed E-state index contributed by atoms with van der Waals surface area (Å²) >= 11 is 1.80. The van der Waals surface area contributed by atoms with Gasteiger partial charge in [0, 0.05) is 57.3 Å². The molecule has 0 bridgehead atoms. The Labute approximate surface area is 170 Å². The van der Waals surface area contributed by atoms with Gasteiger partial charge in [-0.1, -0.05) is 26.0 Å². The van der Waals surface area contributed by atoms with Gasteiger partial charge in [-0.15, -0.1) is 11.8 Å². The van der Waals surface area contributed by atoms with Gasteiger partial charge in [0.25, 0.3) is 0 Å². The highest BCUT2D eigenvalue weighted by Crippen LogP contribution is 2.21. The van der Waals surface area contributed by atoms with E-state index in [1.165, 1.54) is 16.0 Å². The molecule has 1 aromatic rings. The van der Waals surface area contributed by atoms with Gasteiger partial charge in [-0.3, -0.25) is 9.89 Å². The molecular formula is C21H37N5S. The molecule has 0 spiro atoms. The number of likely N-dealkylation sites (N-methyl/N-ethyl adjacent to an activating group) is 1. The quantitative estimate of drug-likeness (QED) is 0.425. The van der Waals surface area contributed by atoms with Gasteiger partial charge < -0.3 is 15.5 Å². The predicted octanol–water partition coefficient (Wildman–Crippen LogP) is 2.65. The maximum atomic E-state index is 4.43. The van der Waals surface area contributed by atoms with Gasteiger partial charge in [-0.2, -0.15) is 0 Å². The summed E-state index contributed by atoms with van der Waals surface area (Å²) in [5, 5.41) is 7.04. The van der Waals surface area contributed by atoms with E-state index in [9.17, 15) is 0 Å². The molecule has 1 aliphatic heterocycles. The lowest BCUT2D eigenvalue weighted by Gasteiger charge is -2.40. The van der Waals surface area contributed by atoms with Gasteiger partial charge in [-0.25, -0.2) is 0 Å². The van der Waals surface area contributed by atoms with E-state index in [0.29, 0.717) is 12.0 Å². The minimum absolute atomic E-state index is 0.526. The molecule has 0 radical (unpaired) electrons. The van der Waals surface area contributed by atoms with Gasteiger partial charge in [-0.05, 0) is 43.3 Å². The van der Waals surface area contributed by atoms with E-state index in [1.54, 1.807) is 11.8 Å². The van der Waals surface area contributed by atoms with Crippen LogP contribution in [0.3, 0.4) is 0 Å². The molecule has 1 fully saturated rings. The Bertz CT molecular complexity index is 609. The topological polar surface area (TPSA) is 42.9 Å². The number of piperazine rings is 1. The second kappa shape index (κ2) is 10.9. The van der Waals surface area contributed by atoms with Gasteiger partial charge in [0.15, 0.2) is 5.96 Å². The van der Waals surface area contributed by atoms with Crippen LogP contribution in [0.25, 0.3) is 0 Å². The molecule has 5 nitrogen and oxygen atoms in total. The molecule has 2 N–H and O–H groups in total. The van der Waals surface area contributed by atoms with Crippen LogP contribution in [-0.2, 0) is 6.54 Å². The van der Waals surface area contributed by atoms with E-state index in [0.717, 1.165) is 45.2 Å². The van der Waals surface area contributed by atoms with E-state index < -0.39 is 0 Å². The monoisotopic (exact) mass is 391 g/mol. The van der Waals surface area contributed by atoms with Crippen LogP contribution in [0.2, 0.25) is 0 Å². The Morgan fingerprint density at radius 1 is 1.19 bits per heavy atom. The number of rotatable bonds is 7. The number of guanidine groups is 1. The van der Waals surface area contributed by atoms with Crippen molar-refractivity contribution in [2.45, 2.75) is 38.3 Å². The summed E-state index contributed by atoms with van der Waals surface area (Å²) in [6.07, 6.45) is 2.13. The minimum Gasteiger partial charge on any atom is -0.355 e. The van der Waals surface area contributed by atoms with Crippen molar-refractivity contribution in [2.75, 3.05) is 53.1 Å². The molecule has 0 aromatic heterocycles. The highest BCUT2D eigenvalue weighted by Gasteiger charge is 2.25. The third-order valence-corrected chi connectivity index (χ3v) is 6.19. The van der Waals surface area contributed by atoms with Crippen LogP contribution in [0.15, 0.2) is 28.1 Å². The lowest BCUT2D eigenvalue weighted by Crippen LogP contribution is -2.55. The molecule has 0 aliphatic carbocycles. The lowest BCUT2D eigenvalue weighted by molar-refractivity contribution is 0.0900. The van der Waals surface area contributed by atoms with Crippen molar-refractivity contribution in [3.8, 4) is 0 Å². The summed E-state index contributed by atoms with van der Waals surface area (Å²) in [5.41, 5.74) is 2.62. The van der Waals surface area contributed by atoms with Gasteiger partial charge >= 0.3 is 0 Å². The first-order chi connectivity index (χ1) is 12.9. The molecule has 1 aliphatic rings. The molecule has 1 aromatic carbocycles. The number of nitrogens with zero attached hydrogens (tertiary/aromatic N) is 3. The van der Waals surface area contributed by atoms with Crippen molar-refractivity contribution in [1.82, 2.24) is 20.4 Å². The summed E-state index contributed by atoms with van der Waals surface area (Å²) < 4.78 is 0. The highest BCUT2D eigenvalue weighted by atomic mass is 32.2. The third kappa shape index (κ3) is 6.70. The number of benzene rings is 1. The summed E-state index contributed by atoms with van der Waals surface area (Å²) in [7, 11) is 4.06. The fraction of sp³-hybridized carbons (Fsp3) is 0.667. The number of aliphatic imine (C=N–C) groups is 1. The SMILES string of the molecule is CN=C(NCc1ccc(C)cc1SC)NCC(C(C)C)N1CCN(C)CC1. The van der Waals surface area contributed by atoms with Gasteiger partial charge in [0.05, 0.1) is 0 Å². The number of nitrogens with one attached hydrogen (secondary N) is 2. The standard InChI is InChI=1S/C21H37N5S/c1-16(2)19(26-11-9-25(5)10-12-26)15-24-21(22-4)23-14-18-8-7-17(3)13-20(18)27-6/h7-8,13,16,19H,9-12,14-15H2,1-6H3,(H2,22,23,24). The Kier molecular flexibility index (Phi) is 8.93. The summed E-state index contributed by atoms with van der Waals surface area (Å²) in [6, 6.07) is 7.16. The summed E-state index contributed by atoms with van der Waals surface area (Å²) in [5.74, 6) is 1.49. The van der Waals surface area contributed by atoms with Gasteiger partial charge in [0.2, 0.25) is 0 Å².